The van der Waals surface area contributed by atoms with E-state index in [4.69, 9.17) is 4.74 Å². The number of rotatable bonds is 4. The molecule has 19 heavy (non-hydrogen) atoms. The first-order valence-corrected chi connectivity index (χ1v) is 6.14. The van der Waals surface area contributed by atoms with Crippen LogP contribution in [0, 0.1) is 0 Å². The van der Waals surface area contributed by atoms with E-state index >= 15 is 0 Å². The fourth-order valence-corrected chi connectivity index (χ4v) is 2.16. The Balaban J connectivity index is 2.06. The van der Waals surface area contributed by atoms with Crippen LogP contribution in [0.4, 0.5) is 13.2 Å². The molecule has 104 valence electrons. The fourth-order valence-electron chi connectivity index (χ4n) is 2.16. The minimum atomic E-state index is -4.53. The van der Waals surface area contributed by atoms with Crippen LogP contribution in [0.2, 0.25) is 0 Å². The predicted octanol–water partition coefficient (Wildman–Crippen LogP) is 3.24. The Morgan fingerprint density at radius 1 is 1.47 bits per heavy atom. The number of aromatic nitrogens is 1. The van der Waals surface area contributed by atoms with Crippen LogP contribution in [-0.4, -0.2) is 23.5 Å². The second-order valence-corrected chi connectivity index (χ2v) is 4.52. The lowest BCUT2D eigenvalue weighted by Crippen LogP contribution is -2.15. The highest BCUT2D eigenvalue weighted by Crippen LogP contribution is 2.32. The van der Waals surface area contributed by atoms with Crippen molar-refractivity contribution in [3.05, 3.63) is 29.6 Å². The number of pyridine rings is 1. The summed E-state index contributed by atoms with van der Waals surface area (Å²) in [5.74, 6) is -0.532. The van der Waals surface area contributed by atoms with Crippen molar-refractivity contribution in [1.82, 2.24) is 4.98 Å². The van der Waals surface area contributed by atoms with Gasteiger partial charge < -0.3 is 4.74 Å². The van der Waals surface area contributed by atoms with E-state index in [-0.39, 0.29) is 18.1 Å². The summed E-state index contributed by atoms with van der Waals surface area (Å²) in [7, 11) is 0. The van der Waals surface area contributed by atoms with E-state index < -0.39 is 17.5 Å². The lowest BCUT2D eigenvalue weighted by molar-refractivity contribution is -0.138. The highest BCUT2D eigenvalue weighted by atomic mass is 19.4. The smallest absolute Gasteiger partial charge is 0.378 e. The van der Waals surface area contributed by atoms with Gasteiger partial charge >= 0.3 is 6.18 Å². The number of ether oxygens (including phenoxy) is 1. The average Bonchev–Trinajstić information content (AvgIpc) is 2.88. The molecule has 1 aliphatic rings. The maximum atomic E-state index is 12.7. The number of carbonyl (C=O) groups excluding carboxylic acids is 1. The summed E-state index contributed by atoms with van der Waals surface area (Å²) < 4.78 is 43.6. The molecule has 1 unspecified atom stereocenters. The molecule has 0 aromatic carbocycles. The molecule has 0 aliphatic carbocycles. The standard InChI is InChI=1S/C13H14F3NO2/c14-13(15,16)11-5-6-17-8-10(11)12(18)4-3-9-2-1-7-19-9/h5-6,8-9H,1-4,7H2. The van der Waals surface area contributed by atoms with Gasteiger partial charge in [-0.25, -0.2) is 0 Å². The molecule has 1 aliphatic heterocycles. The van der Waals surface area contributed by atoms with Gasteiger partial charge in [0.25, 0.3) is 0 Å². The quantitative estimate of drug-likeness (QED) is 0.790. The third-order valence-electron chi connectivity index (χ3n) is 3.14. The maximum absolute atomic E-state index is 12.7. The molecule has 1 fully saturated rings. The molecule has 0 saturated carbocycles. The minimum Gasteiger partial charge on any atom is -0.378 e. The van der Waals surface area contributed by atoms with E-state index in [1.54, 1.807) is 0 Å². The van der Waals surface area contributed by atoms with Crippen molar-refractivity contribution in [2.75, 3.05) is 6.61 Å². The lowest BCUT2D eigenvalue weighted by Gasteiger charge is -2.12. The van der Waals surface area contributed by atoms with Gasteiger partial charge in [0.1, 0.15) is 0 Å². The zero-order valence-electron chi connectivity index (χ0n) is 10.2. The highest BCUT2D eigenvalue weighted by molar-refractivity contribution is 5.97. The summed E-state index contributed by atoms with van der Waals surface area (Å²) in [6, 6.07) is 0.833. The summed E-state index contributed by atoms with van der Waals surface area (Å²) in [6.07, 6.45) is -0.177. The van der Waals surface area contributed by atoms with E-state index in [9.17, 15) is 18.0 Å². The first-order valence-electron chi connectivity index (χ1n) is 6.14. The summed E-state index contributed by atoms with van der Waals surface area (Å²) in [4.78, 5) is 15.5. The first kappa shape index (κ1) is 14.0. The van der Waals surface area contributed by atoms with Crippen LogP contribution in [0.25, 0.3) is 0 Å². The van der Waals surface area contributed by atoms with Gasteiger partial charge in [-0.1, -0.05) is 0 Å². The Morgan fingerprint density at radius 2 is 2.26 bits per heavy atom. The van der Waals surface area contributed by atoms with Crippen molar-refractivity contribution in [3.63, 3.8) is 0 Å². The Labute approximate surface area is 108 Å². The Kier molecular flexibility index (Phi) is 4.19. The molecule has 0 amide bonds. The molecule has 1 aromatic heterocycles. The molecule has 3 nitrogen and oxygen atoms in total. The van der Waals surface area contributed by atoms with Gasteiger partial charge in [0.2, 0.25) is 0 Å². The van der Waals surface area contributed by atoms with Crippen LogP contribution in [0.1, 0.15) is 41.6 Å². The third-order valence-corrected chi connectivity index (χ3v) is 3.14. The van der Waals surface area contributed by atoms with Gasteiger partial charge in [-0.05, 0) is 25.3 Å². The monoisotopic (exact) mass is 273 g/mol. The van der Waals surface area contributed by atoms with Crippen molar-refractivity contribution in [2.24, 2.45) is 0 Å². The second-order valence-electron chi connectivity index (χ2n) is 4.52. The molecule has 0 bridgehead atoms. The van der Waals surface area contributed by atoms with Gasteiger partial charge in [-0.2, -0.15) is 13.2 Å². The molecule has 1 atom stereocenters. The van der Waals surface area contributed by atoms with Crippen LogP contribution in [-0.2, 0) is 10.9 Å². The molecule has 0 radical (unpaired) electrons. The average molecular weight is 273 g/mol. The second kappa shape index (κ2) is 5.69. The van der Waals surface area contributed by atoms with Crippen molar-refractivity contribution >= 4 is 5.78 Å². The van der Waals surface area contributed by atoms with E-state index in [1.165, 1.54) is 0 Å². The molecule has 2 rings (SSSR count). The van der Waals surface area contributed by atoms with Crippen LogP contribution in [0.15, 0.2) is 18.5 Å². The number of halogens is 3. The Hall–Kier alpha value is -1.43. The van der Waals surface area contributed by atoms with Crippen LogP contribution in [0.5, 0.6) is 0 Å². The summed E-state index contributed by atoms with van der Waals surface area (Å²) in [5.41, 5.74) is -1.27. The third kappa shape index (κ3) is 3.53. The molecular weight excluding hydrogens is 259 g/mol. The van der Waals surface area contributed by atoms with Gasteiger partial charge in [0, 0.05) is 31.0 Å². The first-order chi connectivity index (χ1) is 8.98. The van der Waals surface area contributed by atoms with E-state index in [0.29, 0.717) is 13.0 Å². The molecule has 1 saturated heterocycles. The van der Waals surface area contributed by atoms with Gasteiger partial charge in [-0.15, -0.1) is 0 Å². The van der Waals surface area contributed by atoms with Crippen molar-refractivity contribution in [1.29, 1.82) is 0 Å². The van der Waals surface area contributed by atoms with Gasteiger partial charge in [0.15, 0.2) is 5.78 Å². The van der Waals surface area contributed by atoms with E-state index in [0.717, 1.165) is 31.3 Å². The largest absolute Gasteiger partial charge is 0.417 e. The minimum absolute atomic E-state index is 0.00467. The fraction of sp³-hybridized carbons (Fsp3) is 0.538. The number of hydrogen-bond acceptors (Lipinski definition) is 3. The van der Waals surface area contributed by atoms with E-state index in [1.807, 2.05) is 0 Å². The summed E-state index contributed by atoms with van der Waals surface area (Å²) >= 11 is 0. The van der Waals surface area contributed by atoms with Crippen molar-refractivity contribution in [3.8, 4) is 0 Å². The number of hydrogen-bond donors (Lipinski definition) is 0. The Morgan fingerprint density at radius 3 is 2.89 bits per heavy atom. The zero-order valence-corrected chi connectivity index (χ0v) is 10.2. The van der Waals surface area contributed by atoms with Crippen molar-refractivity contribution < 1.29 is 22.7 Å². The van der Waals surface area contributed by atoms with Crippen LogP contribution < -0.4 is 0 Å². The normalized spacial score (nSPS) is 19.6. The molecule has 0 N–H and O–H groups in total. The number of Topliss-reactive ketones (excluding diaryl/α,β-unsaturated/α-hetero) is 1. The lowest BCUT2D eigenvalue weighted by atomic mass is 10.0. The summed E-state index contributed by atoms with van der Waals surface area (Å²) in [5, 5.41) is 0. The number of ketones is 1. The summed E-state index contributed by atoms with van der Waals surface area (Å²) in [6.45, 7) is 0.666. The van der Waals surface area contributed by atoms with Gasteiger partial charge in [-0.3, -0.25) is 9.78 Å². The van der Waals surface area contributed by atoms with Gasteiger partial charge in [0.05, 0.1) is 11.7 Å². The predicted molar refractivity (Wildman–Crippen MR) is 61.8 cm³/mol. The Bertz CT molecular complexity index is 453. The topological polar surface area (TPSA) is 39.2 Å². The van der Waals surface area contributed by atoms with E-state index in [2.05, 4.69) is 4.98 Å². The number of alkyl halides is 3. The maximum Gasteiger partial charge on any atom is 0.417 e. The molecule has 6 heteroatoms. The van der Waals surface area contributed by atoms with Crippen molar-refractivity contribution in [2.45, 2.75) is 38.0 Å². The highest BCUT2D eigenvalue weighted by Gasteiger charge is 2.35. The molecular formula is C13H14F3NO2. The molecule has 1 aromatic rings. The molecule has 0 spiro atoms. The van der Waals surface area contributed by atoms with Crippen LogP contribution >= 0.6 is 0 Å². The number of nitrogens with zero attached hydrogens (tertiary/aromatic N) is 1. The SMILES string of the molecule is O=C(CCC1CCCO1)c1cnccc1C(F)(F)F. The molecule has 2 heterocycles. The number of carbonyl (C=O) groups is 1. The zero-order chi connectivity index (χ0) is 13.9. The van der Waals surface area contributed by atoms with Crippen LogP contribution in [0.3, 0.4) is 0 Å².